The van der Waals surface area contributed by atoms with Crippen molar-refractivity contribution in [2.24, 2.45) is 0 Å². The minimum absolute atomic E-state index is 0.304. The van der Waals surface area contributed by atoms with Crippen molar-refractivity contribution in [3.63, 3.8) is 0 Å². The number of benzene rings is 1. The summed E-state index contributed by atoms with van der Waals surface area (Å²) in [7, 11) is 0. The lowest BCUT2D eigenvalue weighted by molar-refractivity contribution is -0.120. The molecular weight excluding hydrogens is 238 g/mol. The Balaban J connectivity index is 1.57. The Labute approximate surface area is 115 Å². The number of hydrogen-bond acceptors (Lipinski definition) is 3. The number of rotatable bonds is 7. The molecule has 1 aliphatic heterocycles. The molecule has 0 spiro atoms. The fraction of sp³-hybridized carbons (Fsp3) is 0.562. The average Bonchev–Trinajstić information content (AvgIpc) is 2.47. The number of ether oxygens (including phenoxy) is 1. The molecule has 0 aromatic heterocycles. The summed E-state index contributed by atoms with van der Waals surface area (Å²) in [6.45, 7) is 2.65. The number of aryl methyl sites for hydroxylation is 1. The van der Waals surface area contributed by atoms with E-state index in [1.165, 1.54) is 5.56 Å². The summed E-state index contributed by atoms with van der Waals surface area (Å²) in [6.07, 6.45) is 4.50. The van der Waals surface area contributed by atoms with E-state index in [9.17, 15) is 4.79 Å². The van der Waals surface area contributed by atoms with Gasteiger partial charge in [0.1, 0.15) is 5.78 Å². The molecule has 0 amide bonds. The van der Waals surface area contributed by atoms with Crippen molar-refractivity contribution in [2.75, 3.05) is 19.7 Å². The second-order valence-corrected chi connectivity index (χ2v) is 5.09. The van der Waals surface area contributed by atoms with Gasteiger partial charge in [0.2, 0.25) is 0 Å². The highest BCUT2D eigenvalue weighted by atomic mass is 16.5. The lowest BCUT2D eigenvalue weighted by Crippen LogP contribution is -2.32. The van der Waals surface area contributed by atoms with E-state index in [0.29, 0.717) is 31.3 Å². The predicted molar refractivity (Wildman–Crippen MR) is 76.2 cm³/mol. The van der Waals surface area contributed by atoms with Crippen LogP contribution >= 0.6 is 0 Å². The molecule has 0 saturated carbocycles. The molecule has 3 heteroatoms. The maximum Gasteiger partial charge on any atom is 0.135 e. The molecular formula is C16H23NO2. The zero-order valence-electron chi connectivity index (χ0n) is 11.4. The van der Waals surface area contributed by atoms with Crippen LogP contribution in [-0.2, 0) is 16.0 Å². The third-order valence-electron chi connectivity index (χ3n) is 3.56. The SMILES string of the molecule is O=C(CCOC1CCNCC1)CCc1ccccc1. The van der Waals surface area contributed by atoms with Crippen LogP contribution in [0.1, 0.15) is 31.2 Å². The summed E-state index contributed by atoms with van der Waals surface area (Å²) >= 11 is 0. The van der Waals surface area contributed by atoms with Crippen LogP contribution in [0.4, 0.5) is 0 Å². The van der Waals surface area contributed by atoms with Crippen molar-refractivity contribution >= 4 is 5.78 Å². The van der Waals surface area contributed by atoms with Crippen molar-refractivity contribution in [1.82, 2.24) is 5.32 Å². The van der Waals surface area contributed by atoms with Gasteiger partial charge in [-0.05, 0) is 37.9 Å². The maximum atomic E-state index is 11.8. The quantitative estimate of drug-likeness (QED) is 0.819. The molecule has 0 atom stereocenters. The number of hydrogen-bond donors (Lipinski definition) is 1. The summed E-state index contributed by atoms with van der Waals surface area (Å²) in [5.74, 6) is 0.304. The monoisotopic (exact) mass is 261 g/mol. The first kappa shape index (κ1) is 14.2. The topological polar surface area (TPSA) is 38.3 Å². The minimum atomic E-state index is 0.304. The average molecular weight is 261 g/mol. The Morgan fingerprint density at radius 1 is 1.16 bits per heavy atom. The van der Waals surface area contributed by atoms with Crippen LogP contribution in [0.3, 0.4) is 0 Å². The van der Waals surface area contributed by atoms with Crippen LogP contribution in [0.25, 0.3) is 0 Å². The van der Waals surface area contributed by atoms with Gasteiger partial charge >= 0.3 is 0 Å². The Kier molecular flexibility index (Phi) is 6.05. The zero-order valence-corrected chi connectivity index (χ0v) is 11.4. The molecule has 1 heterocycles. The zero-order chi connectivity index (χ0) is 13.3. The summed E-state index contributed by atoms with van der Waals surface area (Å²) in [6, 6.07) is 10.2. The van der Waals surface area contributed by atoms with Gasteiger partial charge in [0.15, 0.2) is 0 Å². The van der Waals surface area contributed by atoms with E-state index in [4.69, 9.17) is 4.74 Å². The van der Waals surface area contributed by atoms with Crippen molar-refractivity contribution in [3.8, 4) is 0 Å². The summed E-state index contributed by atoms with van der Waals surface area (Å²) in [5.41, 5.74) is 1.23. The summed E-state index contributed by atoms with van der Waals surface area (Å²) in [5, 5.41) is 3.31. The number of nitrogens with one attached hydrogen (secondary N) is 1. The van der Waals surface area contributed by atoms with Gasteiger partial charge in [-0.15, -0.1) is 0 Å². The highest BCUT2D eigenvalue weighted by Gasteiger charge is 2.13. The van der Waals surface area contributed by atoms with Gasteiger partial charge in [-0.3, -0.25) is 4.79 Å². The molecule has 0 aliphatic carbocycles. The van der Waals surface area contributed by atoms with Crippen molar-refractivity contribution in [1.29, 1.82) is 0 Å². The van der Waals surface area contributed by atoms with Crippen LogP contribution in [0.15, 0.2) is 30.3 Å². The van der Waals surface area contributed by atoms with Crippen LogP contribution in [0, 0.1) is 0 Å². The number of Topliss-reactive ketones (excluding diaryl/α,β-unsaturated/α-hetero) is 1. The van der Waals surface area contributed by atoms with Crippen molar-refractivity contribution in [2.45, 2.75) is 38.2 Å². The largest absolute Gasteiger partial charge is 0.378 e. The van der Waals surface area contributed by atoms with Gasteiger partial charge in [-0.25, -0.2) is 0 Å². The Bertz CT molecular complexity index is 372. The fourth-order valence-corrected chi connectivity index (χ4v) is 2.35. The smallest absolute Gasteiger partial charge is 0.135 e. The molecule has 0 bridgehead atoms. The molecule has 1 saturated heterocycles. The molecule has 1 aromatic carbocycles. The van der Waals surface area contributed by atoms with Crippen LogP contribution in [0.2, 0.25) is 0 Å². The van der Waals surface area contributed by atoms with Crippen LogP contribution in [0.5, 0.6) is 0 Å². The molecule has 1 aromatic rings. The molecule has 1 N–H and O–H groups in total. The van der Waals surface area contributed by atoms with E-state index in [1.807, 2.05) is 18.2 Å². The van der Waals surface area contributed by atoms with E-state index in [-0.39, 0.29) is 0 Å². The Morgan fingerprint density at radius 3 is 2.63 bits per heavy atom. The standard InChI is InChI=1S/C16H23NO2/c18-15(7-6-14-4-2-1-3-5-14)10-13-19-16-8-11-17-12-9-16/h1-5,16-17H,6-13H2. The van der Waals surface area contributed by atoms with E-state index in [1.54, 1.807) is 0 Å². The number of carbonyl (C=O) groups is 1. The highest BCUT2D eigenvalue weighted by Crippen LogP contribution is 2.08. The van der Waals surface area contributed by atoms with Gasteiger partial charge in [0.25, 0.3) is 0 Å². The van der Waals surface area contributed by atoms with Crippen LogP contribution in [-0.4, -0.2) is 31.6 Å². The molecule has 2 rings (SSSR count). The van der Waals surface area contributed by atoms with E-state index < -0.39 is 0 Å². The highest BCUT2D eigenvalue weighted by molar-refractivity contribution is 5.78. The van der Waals surface area contributed by atoms with Gasteiger partial charge < -0.3 is 10.1 Å². The molecule has 0 unspecified atom stereocenters. The van der Waals surface area contributed by atoms with Gasteiger partial charge in [0.05, 0.1) is 12.7 Å². The molecule has 19 heavy (non-hydrogen) atoms. The first-order chi connectivity index (χ1) is 9.34. The number of ketones is 1. The lowest BCUT2D eigenvalue weighted by atomic mass is 10.1. The van der Waals surface area contributed by atoms with Gasteiger partial charge in [-0.1, -0.05) is 30.3 Å². The third-order valence-corrected chi connectivity index (χ3v) is 3.56. The molecule has 104 valence electrons. The molecule has 1 aliphatic rings. The van der Waals surface area contributed by atoms with E-state index in [0.717, 1.165) is 32.4 Å². The van der Waals surface area contributed by atoms with E-state index >= 15 is 0 Å². The van der Waals surface area contributed by atoms with Gasteiger partial charge in [-0.2, -0.15) is 0 Å². The lowest BCUT2D eigenvalue weighted by Gasteiger charge is -2.22. The van der Waals surface area contributed by atoms with Crippen molar-refractivity contribution < 1.29 is 9.53 Å². The first-order valence-electron chi connectivity index (χ1n) is 7.22. The second kappa shape index (κ2) is 8.08. The molecule has 0 radical (unpaired) electrons. The van der Waals surface area contributed by atoms with E-state index in [2.05, 4.69) is 17.4 Å². The number of carbonyl (C=O) groups excluding carboxylic acids is 1. The maximum absolute atomic E-state index is 11.8. The summed E-state index contributed by atoms with van der Waals surface area (Å²) < 4.78 is 5.74. The first-order valence-corrected chi connectivity index (χ1v) is 7.22. The Hall–Kier alpha value is -1.19. The third kappa shape index (κ3) is 5.53. The summed E-state index contributed by atoms with van der Waals surface area (Å²) in [4.78, 5) is 11.8. The predicted octanol–water partition coefficient (Wildman–Crippen LogP) is 2.35. The van der Waals surface area contributed by atoms with Gasteiger partial charge in [0, 0.05) is 12.8 Å². The number of piperidine rings is 1. The molecule has 1 fully saturated rings. The minimum Gasteiger partial charge on any atom is -0.378 e. The Morgan fingerprint density at radius 2 is 1.89 bits per heavy atom. The van der Waals surface area contributed by atoms with Crippen LogP contribution < -0.4 is 5.32 Å². The fourth-order valence-electron chi connectivity index (χ4n) is 2.35. The molecule has 3 nitrogen and oxygen atoms in total. The van der Waals surface area contributed by atoms with Crippen molar-refractivity contribution in [3.05, 3.63) is 35.9 Å². The second-order valence-electron chi connectivity index (χ2n) is 5.09. The normalized spacial score (nSPS) is 16.4.